The fourth-order valence-electron chi connectivity index (χ4n) is 6.11. The number of aromatic nitrogens is 4. The van der Waals surface area contributed by atoms with Crippen LogP contribution in [-0.4, -0.2) is 87.6 Å². The maximum absolute atomic E-state index is 12.7. The number of hydrogen-bond acceptors (Lipinski definition) is 20. The van der Waals surface area contributed by atoms with Crippen molar-refractivity contribution in [3.8, 4) is 23.4 Å². The van der Waals surface area contributed by atoms with E-state index in [0.717, 1.165) is 6.07 Å². The summed E-state index contributed by atoms with van der Waals surface area (Å²) in [4.78, 5) is 3.71. The van der Waals surface area contributed by atoms with Crippen molar-refractivity contribution in [1.82, 2.24) is 19.6 Å². The van der Waals surface area contributed by atoms with Crippen molar-refractivity contribution in [1.29, 1.82) is 5.26 Å². The Balaban J connectivity index is 1.26. The van der Waals surface area contributed by atoms with Crippen LogP contribution >= 0.6 is 23.1 Å². The van der Waals surface area contributed by atoms with E-state index in [9.17, 15) is 41.4 Å². The van der Waals surface area contributed by atoms with E-state index in [2.05, 4.69) is 51.9 Å². The minimum Gasteiger partial charge on any atom is -0.505 e. The molecule has 25 heteroatoms. The third kappa shape index (κ3) is 9.92. The van der Waals surface area contributed by atoms with Crippen molar-refractivity contribution >= 4 is 104 Å². The number of imidazole rings is 1. The van der Waals surface area contributed by atoms with Gasteiger partial charge in [-0.3, -0.25) is 13.5 Å². The normalized spacial score (nSPS) is 12.5. The van der Waals surface area contributed by atoms with Crippen molar-refractivity contribution in [2.75, 3.05) is 31.8 Å². The Bertz CT molecular complexity index is 3290. The predicted octanol–water partition coefficient (Wildman–Crippen LogP) is 9.28. The number of fused-ring (bicyclic) bond motifs is 4. The number of pyridine rings is 1. The second kappa shape index (κ2) is 18.4. The van der Waals surface area contributed by atoms with Gasteiger partial charge in [-0.05, 0) is 67.6 Å². The first-order valence-corrected chi connectivity index (χ1v) is 23.1. The van der Waals surface area contributed by atoms with E-state index in [-0.39, 0.29) is 74.5 Å². The number of azo groups is 3. The first kappa shape index (κ1) is 44.5. The van der Waals surface area contributed by atoms with Gasteiger partial charge in [0.1, 0.15) is 33.7 Å². The molecule has 63 heavy (non-hydrogen) atoms. The Kier molecular flexibility index (Phi) is 13.0. The topological polar surface area (TPSA) is 309 Å². The highest BCUT2D eigenvalue weighted by Gasteiger charge is 2.24. The molecule has 0 saturated heterocycles. The number of nitrogens with zero attached hydrogens (tertiary/aromatic N) is 11. The number of phenolic OH excluding ortho intramolecular Hbond substituents is 1. The molecule has 21 nitrogen and oxygen atoms in total. The molecule has 3 aromatic heterocycles. The number of hydrogen-bond donors (Lipinski definition) is 4. The fourth-order valence-corrected chi connectivity index (χ4v) is 8.89. The lowest BCUT2D eigenvalue weighted by molar-refractivity contribution is 0.218. The lowest BCUT2D eigenvalue weighted by Gasteiger charge is -2.12. The molecule has 0 bridgehead atoms. The monoisotopic (exact) mass is 931 g/mol. The number of aryl methyl sites for hydroxylation is 1. The highest BCUT2D eigenvalue weighted by molar-refractivity contribution is 8.01. The second-order valence-electron chi connectivity index (χ2n) is 13.4. The third-order valence-electron chi connectivity index (χ3n) is 9.12. The van der Waals surface area contributed by atoms with E-state index in [1.807, 2.05) is 0 Å². The highest BCUT2D eigenvalue weighted by atomic mass is 32.2. The molecular weight excluding hydrogens is 899 g/mol. The van der Waals surface area contributed by atoms with Gasteiger partial charge in [-0.15, -0.1) is 35.8 Å². The molecule has 0 aliphatic rings. The predicted molar refractivity (Wildman–Crippen MR) is 232 cm³/mol. The molecule has 3 heterocycles. The molecule has 0 saturated carbocycles. The number of thioether (sulfide) groups is 1. The van der Waals surface area contributed by atoms with Gasteiger partial charge in [0, 0.05) is 29.9 Å². The number of aromatic hydroxyl groups is 2. The lowest BCUT2D eigenvalue weighted by atomic mass is 10.1. The summed E-state index contributed by atoms with van der Waals surface area (Å²) in [7, 11) is -7.73. The van der Waals surface area contributed by atoms with Crippen LogP contribution < -0.4 is 4.74 Å². The van der Waals surface area contributed by atoms with Gasteiger partial charge in [-0.1, -0.05) is 41.3 Å². The second-order valence-corrected chi connectivity index (χ2v) is 18.6. The van der Waals surface area contributed by atoms with E-state index in [1.54, 1.807) is 45.2 Å². The molecule has 0 amide bonds. The van der Waals surface area contributed by atoms with Crippen molar-refractivity contribution in [2.45, 2.75) is 29.5 Å². The third-order valence-corrected chi connectivity index (χ3v) is 12.7. The largest absolute Gasteiger partial charge is 0.505 e. The SMILES string of the molecule is COCCSc1nnc(N=Nc2cc(OCCCS(=O)(=O)O)c(N=Nc3c(S(=O)(=O)O)cc4ccc(N=Nc5c(C)c(C#N)c6nc7ccccc7n6c5O)cc4c3O)cc2C)s1. The average molecular weight is 932 g/mol. The Morgan fingerprint density at radius 2 is 1.65 bits per heavy atom. The maximum Gasteiger partial charge on any atom is 0.296 e. The maximum atomic E-state index is 12.7. The number of nitriles is 1. The zero-order valence-electron chi connectivity index (χ0n) is 33.1. The van der Waals surface area contributed by atoms with Crippen LogP contribution in [0.2, 0.25) is 0 Å². The van der Waals surface area contributed by atoms with E-state index in [1.165, 1.54) is 57.8 Å². The Hall–Kier alpha value is -6.53. The van der Waals surface area contributed by atoms with Crippen LogP contribution in [0, 0.1) is 25.2 Å². The minimum absolute atomic E-state index is 0.0157. The first-order chi connectivity index (χ1) is 30.1. The van der Waals surface area contributed by atoms with E-state index in [0.29, 0.717) is 38.9 Å². The van der Waals surface area contributed by atoms with Gasteiger partial charge in [0.05, 0.1) is 41.4 Å². The molecule has 0 spiro atoms. The van der Waals surface area contributed by atoms with Crippen LogP contribution in [0.25, 0.3) is 27.5 Å². The Morgan fingerprint density at radius 1 is 0.889 bits per heavy atom. The number of benzene rings is 4. The summed E-state index contributed by atoms with van der Waals surface area (Å²) in [6.45, 7) is 3.54. The molecule has 0 unspecified atom stereocenters. The van der Waals surface area contributed by atoms with Gasteiger partial charge < -0.3 is 19.7 Å². The van der Waals surface area contributed by atoms with E-state index in [4.69, 9.17) is 9.47 Å². The van der Waals surface area contributed by atoms with Gasteiger partial charge in [-0.2, -0.15) is 27.2 Å². The van der Waals surface area contributed by atoms with Gasteiger partial charge in [-0.25, -0.2) is 4.98 Å². The summed E-state index contributed by atoms with van der Waals surface area (Å²) in [5.74, 6) is -1.000. The molecule has 0 radical (unpaired) electrons. The molecule has 7 rings (SSSR count). The Morgan fingerprint density at radius 3 is 2.40 bits per heavy atom. The van der Waals surface area contributed by atoms with Crippen LogP contribution in [-0.2, 0) is 25.0 Å². The minimum atomic E-state index is -5.02. The molecule has 0 aliphatic carbocycles. The standard InChI is InChI=1S/C38H33N11O10S4/c1-20-15-28(30(59-11-6-14-62(52,53)54)18-27(20)42-46-37-47-48-38(61-37)60-13-12-58-3)43-45-33-31(63(55,56)57)16-22-9-10-23(17-24(22)34(33)50)41-44-32-21(2)25(19-39)35-40-26-7-4-5-8-29(26)49(35)36(32)51/h4-5,7-10,15-18,50-51H,6,11-14H2,1-3H3,(H,52,53,54)(H,55,56,57). The smallest absolute Gasteiger partial charge is 0.296 e. The van der Waals surface area contributed by atoms with Crippen molar-refractivity contribution < 1.29 is 45.6 Å². The zero-order chi connectivity index (χ0) is 45.1. The number of methoxy groups -OCH3 is 1. The molecular formula is C38H33N11O10S4. The highest BCUT2D eigenvalue weighted by Crippen LogP contribution is 2.45. The van der Waals surface area contributed by atoms with E-state index < -0.39 is 42.3 Å². The summed E-state index contributed by atoms with van der Waals surface area (Å²) in [6.07, 6.45) is -0.125. The van der Waals surface area contributed by atoms with Crippen LogP contribution in [0.15, 0.2) is 101 Å². The lowest BCUT2D eigenvalue weighted by Crippen LogP contribution is -2.08. The van der Waals surface area contributed by atoms with Crippen LogP contribution in [0.4, 0.5) is 33.6 Å². The van der Waals surface area contributed by atoms with Crippen LogP contribution in [0.5, 0.6) is 17.4 Å². The van der Waals surface area contributed by atoms with Crippen LogP contribution in [0.1, 0.15) is 23.1 Å². The van der Waals surface area contributed by atoms with Gasteiger partial charge >= 0.3 is 0 Å². The first-order valence-electron chi connectivity index (χ1n) is 18.3. The molecule has 0 fully saturated rings. The molecule has 0 atom stereocenters. The molecule has 4 aromatic carbocycles. The van der Waals surface area contributed by atoms with Gasteiger partial charge in [0.15, 0.2) is 21.4 Å². The van der Waals surface area contributed by atoms with Crippen LogP contribution in [0.3, 0.4) is 0 Å². The number of phenols is 1. The summed E-state index contributed by atoms with van der Waals surface area (Å²) >= 11 is 2.64. The van der Waals surface area contributed by atoms with E-state index >= 15 is 0 Å². The van der Waals surface area contributed by atoms with Crippen molar-refractivity contribution in [3.63, 3.8) is 0 Å². The van der Waals surface area contributed by atoms with Gasteiger partial charge in [0.2, 0.25) is 5.88 Å². The van der Waals surface area contributed by atoms with Gasteiger partial charge in [0.25, 0.3) is 25.4 Å². The average Bonchev–Trinajstić information content (AvgIpc) is 3.86. The molecule has 7 aromatic rings. The molecule has 4 N–H and O–H groups in total. The summed E-state index contributed by atoms with van der Waals surface area (Å²) in [5, 5.41) is 66.5. The quantitative estimate of drug-likeness (QED) is 0.0303. The number of para-hydroxylation sites is 2. The van der Waals surface area contributed by atoms with Crippen molar-refractivity contribution in [2.24, 2.45) is 30.7 Å². The number of rotatable bonds is 16. The number of ether oxygens (including phenoxy) is 2. The molecule has 324 valence electrons. The molecule has 0 aliphatic heterocycles. The summed E-state index contributed by atoms with van der Waals surface area (Å²) < 4.78 is 80.3. The Labute approximate surface area is 366 Å². The fraction of sp³-hybridized carbons (Fsp3) is 0.211. The summed E-state index contributed by atoms with van der Waals surface area (Å²) in [6, 6.07) is 17.3. The summed E-state index contributed by atoms with van der Waals surface area (Å²) in [5.41, 5.74) is 1.96. The zero-order valence-corrected chi connectivity index (χ0v) is 36.4. The van der Waals surface area contributed by atoms with Crippen molar-refractivity contribution in [3.05, 3.63) is 77.4 Å².